The minimum Gasteiger partial charge on any atom is -0.491 e. The Labute approximate surface area is 171 Å². The van der Waals surface area contributed by atoms with Crippen LogP contribution in [0.1, 0.15) is 26.3 Å². The molecule has 2 aromatic carbocycles. The molecule has 3 rings (SSSR count). The van der Waals surface area contributed by atoms with Crippen LogP contribution in [0.15, 0.2) is 72.9 Å². The lowest BCUT2D eigenvalue weighted by molar-refractivity contribution is -0.136. The van der Waals surface area contributed by atoms with Gasteiger partial charge in [0.1, 0.15) is 11.4 Å². The standard InChI is InChI=1S/C24H26N2O3/c1-5-16-26-23(27)21(18-12-14-20(15-13-18)29-17(3)4)22(24(26)28)25(6-2)19-10-8-7-9-11-19/h5,7-15,17H,1,6,16H2,2-4H3. The van der Waals surface area contributed by atoms with Crippen molar-refractivity contribution in [3.63, 3.8) is 0 Å². The molecule has 1 heterocycles. The molecule has 0 radical (unpaired) electrons. The molecule has 150 valence electrons. The Bertz CT molecular complexity index is 930. The number of para-hydroxylation sites is 1. The van der Waals surface area contributed by atoms with E-state index in [1.165, 1.54) is 4.90 Å². The van der Waals surface area contributed by atoms with E-state index in [0.717, 1.165) is 11.4 Å². The molecule has 0 unspecified atom stereocenters. The molecule has 0 aromatic heterocycles. The number of amides is 2. The fraction of sp³-hybridized carbons (Fsp3) is 0.250. The third kappa shape index (κ3) is 4.09. The molecule has 0 atom stereocenters. The van der Waals surface area contributed by atoms with E-state index >= 15 is 0 Å². The van der Waals surface area contributed by atoms with Crippen molar-refractivity contribution in [3.05, 3.63) is 78.5 Å². The largest absolute Gasteiger partial charge is 0.491 e. The zero-order chi connectivity index (χ0) is 21.0. The highest BCUT2D eigenvalue weighted by Crippen LogP contribution is 2.34. The molecule has 0 aliphatic carbocycles. The van der Waals surface area contributed by atoms with Gasteiger partial charge in [-0.25, -0.2) is 0 Å². The van der Waals surface area contributed by atoms with Crippen molar-refractivity contribution in [1.29, 1.82) is 0 Å². The Hall–Kier alpha value is -3.34. The highest BCUT2D eigenvalue weighted by atomic mass is 16.5. The summed E-state index contributed by atoms with van der Waals surface area (Å²) in [5.74, 6) is 0.107. The van der Waals surface area contributed by atoms with Gasteiger partial charge in [-0.05, 0) is 50.6 Å². The summed E-state index contributed by atoms with van der Waals surface area (Å²) in [5, 5.41) is 0. The van der Waals surface area contributed by atoms with E-state index in [1.54, 1.807) is 6.08 Å². The SMILES string of the molecule is C=CCN1C(=O)C(c2ccc(OC(C)C)cc2)=C(N(CC)c2ccccc2)C1=O. The number of nitrogens with zero attached hydrogens (tertiary/aromatic N) is 2. The molecule has 1 aliphatic heterocycles. The summed E-state index contributed by atoms with van der Waals surface area (Å²) < 4.78 is 5.70. The molecule has 0 fully saturated rings. The second kappa shape index (κ2) is 8.78. The Morgan fingerprint density at radius 2 is 1.69 bits per heavy atom. The van der Waals surface area contributed by atoms with Crippen LogP contribution < -0.4 is 9.64 Å². The first-order valence-corrected chi connectivity index (χ1v) is 9.79. The summed E-state index contributed by atoms with van der Waals surface area (Å²) in [6.07, 6.45) is 1.62. The smallest absolute Gasteiger partial charge is 0.278 e. The van der Waals surface area contributed by atoms with Crippen LogP contribution in [0.2, 0.25) is 0 Å². The number of rotatable bonds is 8. The van der Waals surface area contributed by atoms with E-state index in [-0.39, 0.29) is 24.5 Å². The summed E-state index contributed by atoms with van der Waals surface area (Å²) in [4.78, 5) is 29.5. The molecule has 0 bridgehead atoms. The van der Waals surface area contributed by atoms with Gasteiger partial charge in [0.05, 0.1) is 11.7 Å². The number of imide groups is 1. The second-order valence-corrected chi connectivity index (χ2v) is 7.00. The predicted octanol–water partition coefficient (Wildman–Crippen LogP) is 4.27. The van der Waals surface area contributed by atoms with Crippen LogP contribution in [-0.2, 0) is 9.59 Å². The molecule has 2 amide bonds. The fourth-order valence-corrected chi connectivity index (χ4v) is 3.42. The Morgan fingerprint density at radius 1 is 1.03 bits per heavy atom. The van der Waals surface area contributed by atoms with Crippen molar-refractivity contribution in [1.82, 2.24) is 4.90 Å². The van der Waals surface area contributed by atoms with Crippen LogP contribution in [0, 0.1) is 0 Å². The summed E-state index contributed by atoms with van der Waals surface area (Å²) in [5.41, 5.74) is 2.35. The van der Waals surface area contributed by atoms with Crippen molar-refractivity contribution in [2.45, 2.75) is 26.9 Å². The lowest BCUT2D eigenvalue weighted by atomic mass is 10.0. The van der Waals surface area contributed by atoms with Gasteiger partial charge in [0, 0.05) is 18.8 Å². The van der Waals surface area contributed by atoms with Gasteiger partial charge < -0.3 is 9.64 Å². The van der Waals surface area contributed by atoms with Gasteiger partial charge in [0.2, 0.25) is 0 Å². The molecule has 0 saturated carbocycles. The van der Waals surface area contributed by atoms with Crippen molar-refractivity contribution < 1.29 is 14.3 Å². The maximum atomic E-state index is 13.2. The van der Waals surface area contributed by atoms with E-state index < -0.39 is 0 Å². The number of carbonyl (C=O) groups is 2. The summed E-state index contributed by atoms with van der Waals surface area (Å²) in [6.45, 7) is 10.3. The van der Waals surface area contributed by atoms with E-state index in [0.29, 0.717) is 23.4 Å². The quantitative estimate of drug-likeness (QED) is 0.499. The van der Waals surface area contributed by atoms with Crippen molar-refractivity contribution in [2.24, 2.45) is 0 Å². The van der Waals surface area contributed by atoms with Gasteiger partial charge in [-0.3, -0.25) is 14.5 Å². The number of hydrogen-bond acceptors (Lipinski definition) is 4. The summed E-state index contributed by atoms with van der Waals surface area (Å²) >= 11 is 0. The van der Waals surface area contributed by atoms with Crippen molar-refractivity contribution in [2.75, 3.05) is 18.0 Å². The van der Waals surface area contributed by atoms with E-state index in [1.807, 2.05) is 80.3 Å². The number of anilines is 1. The average Bonchev–Trinajstić information content (AvgIpc) is 2.95. The number of benzene rings is 2. The molecule has 0 spiro atoms. The minimum atomic E-state index is -0.309. The van der Waals surface area contributed by atoms with Gasteiger partial charge in [-0.1, -0.05) is 36.4 Å². The lowest BCUT2D eigenvalue weighted by Gasteiger charge is -2.24. The molecule has 5 heteroatoms. The highest BCUT2D eigenvalue weighted by molar-refractivity contribution is 6.36. The van der Waals surface area contributed by atoms with Gasteiger partial charge in [-0.2, -0.15) is 0 Å². The first-order valence-electron chi connectivity index (χ1n) is 9.79. The van der Waals surface area contributed by atoms with E-state index in [2.05, 4.69) is 6.58 Å². The summed E-state index contributed by atoms with van der Waals surface area (Å²) in [7, 11) is 0. The first-order chi connectivity index (χ1) is 14.0. The zero-order valence-electron chi connectivity index (χ0n) is 17.1. The molecule has 2 aromatic rings. The van der Waals surface area contributed by atoms with Crippen molar-refractivity contribution >= 4 is 23.1 Å². The van der Waals surface area contributed by atoms with Crippen LogP contribution in [0.3, 0.4) is 0 Å². The normalized spacial score (nSPS) is 14.0. The average molecular weight is 390 g/mol. The predicted molar refractivity (Wildman–Crippen MR) is 116 cm³/mol. The molecule has 1 aliphatic rings. The van der Waals surface area contributed by atoms with Gasteiger partial charge in [-0.15, -0.1) is 6.58 Å². The Morgan fingerprint density at radius 3 is 2.24 bits per heavy atom. The van der Waals surface area contributed by atoms with Gasteiger partial charge >= 0.3 is 0 Å². The van der Waals surface area contributed by atoms with Crippen LogP contribution >= 0.6 is 0 Å². The second-order valence-electron chi connectivity index (χ2n) is 7.00. The third-order valence-corrected chi connectivity index (χ3v) is 4.62. The van der Waals surface area contributed by atoms with Crippen LogP contribution in [0.25, 0.3) is 5.57 Å². The first kappa shape index (κ1) is 20.4. The van der Waals surface area contributed by atoms with Gasteiger partial charge in [0.15, 0.2) is 0 Å². The molecular weight excluding hydrogens is 364 g/mol. The molecular formula is C24H26N2O3. The summed E-state index contributed by atoms with van der Waals surface area (Å²) in [6, 6.07) is 16.9. The Kier molecular flexibility index (Phi) is 6.17. The van der Waals surface area contributed by atoms with Crippen LogP contribution in [0.4, 0.5) is 5.69 Å². The van der Waals surface area contributed by atoms with E-state index in [9.17, 15) is 9.59 Å². The number of hydrogen-bond donors (Lipinski definition) is 0. The molecule has 29 heavy (non-hydrogen) atoms. The molecule has 0 saturated heterocycles. The monoisotopic (exact) mass is 390 g/mol. The molecule has 0 N–H and O–H groups in total. The van der Waals surface area contributed by atoms with E-state index in [4.69, 9.17) is 4.74 Å². The van der Waals surface area contributed by atoms with Crippen LogP contribution in [-0.4, -0.2) is 35.9 Å². The topological polar surface area (TPSA) is 49.9 Å². The molecule has 5 nitrogen and oxygen atoms in total. The Balaban J connectivity index is 2.12. The number of ether oxygens (including phenoxy) is 1. The van der Waals surface area contributed by atoms with Crippen LogP contribution in [0.5, 0.6) is 5.75 Å². The minimum absolute atomic E-state index is 0.0575. The number of carbonyl (C=O) groups excluding carboxylic acids is 2. The highest BCUT2D eigenvalue weighted by Gasteiger charge is 2.41. The number of likely N-dealkylation sites (N-methyl/N-ethyl adjacent to an activating group) is 1. The lowest BCUT2D eigenvalue weighted by Crippen LogP contribution is -2.35. The van der Waals surface area contributed by atoms with Gasteiger partial charge in [0.25, 0.3) is 11.8 Å². The zero-order valence-corrected chi connectivity index (χ0v) is 17.1. The van der Waals surface area contributed by atoms with Crippen molar-refractivity contribution in [3.8, 4) is 5.75 Å². The maximum Gasteiger partial charge on any atom is 0.278 e. The maximum absolute atomic E-state index is 13.2. The third-order valence-electron chi connectivity index (χ3n) is 4.62. The fourth-order valence-electron chi connectivity index (χ4n) is 3.42.